The van der Waals surface area contributed by atoms with E-state index in [9.17, 15) is 4.79 Å². The lowest BCUT2D eigenvalue weighted by Crippen LogP contribution is -2.60. The smallest absolute Gasteiger partial charge is 0.274 e. The predicted molar refractivity (Wildman–Crippen MR) is 103 cm³/mol. The summed E-state index contributed by atoms with van der Waals surface area (Å²) in [5, 5.41) is 4.37. The van der Waals surface area contributed by atoms with Gasteiger partial charge in [0.2, 0.25) is 0 Å². The van der Waals surface area contributed by atoms with Crippen molar-refractivity contribution in [2.45, 2.75) is 36.7 Å². The molecule has 1 aromatic heterocycles. The SMILES string of the molecule is COCCn1ccc(C(=O)N2CC3(C[C@@H](OCC4CCOCC4)CS3)C2)n1. The fourth-order valence-corrected chi connectivity index (χ4v) is 5.61. The van der Waals surface area contributed by atoms with Gasteiger partial charge in [-0.25, -0.2) is 0 Å². The maximum Gasteiger partial charge on any atom is 0.274 e. The molecule has 1 amide bonds. The number of likely N-dealkylation sites (tertiary alicyclic amines) is 1. The van der Waals surface area contributed by atoms with Crippen LogP contribution in [-0.2, 0) is 20.8 Å². The van der Waals surface area contributed by atoms with Crippen LogP contribution in [0.3, 0.4) is 0 Å². The number of amides is 1. The molecule has 0 unspecified atom stereocenters. The largest absolute Gasteiger partial charge is 0.383 e. The Kier molecular flexibility index (Phi) is 6.06. The Bertz CT molecular complexity index is 641. The standard InChI is InChI=1S/C19H29N3O4S/c1-24-9-6-22-5-2-17(20-22)18(23)21-13-19(14-21)10-16(12-27-19)26-11-15-3-7-25-8-4-15/h2,5,15-16H,3-4,6-14H2,1H3/t16-/m1/s1. The third kappa shape index (κ3) is 4.50. The first-order chi connectivity index (χ1) is 13.2. The van der Waals surface area contributed by atoms with Crippen molar-refractivity contribution in [1.29, 1.82) is 0 Å². The second-order valence-electron chi connectivity index (χ2n) is 7.83. The zero-order valence-corrected chi connectivity index (χ0v) is 16.8. The highest BCUT2D eigenvalue weighted by atomic mass is 32.2. The summed E-state index contributed by atoms with van der Waals surface area (Å²) in [7, 11) is 1.66. The summed E-state index contributed by atoms with van der Waals surface area (Å²) in [5.74, 6) is 1.72. The topological polar surface area (TPSA) is 65.8 Å². The van der Waals surface area contributed by atoms with E-state index in [1.807, 2.05) is 22.9 Å². The van der Waals surface area contributed by atoms with Crippen molar-refractivity contribution < 1.29 is 19.0 Å². The average Bonchev–Trinajstić information content (AvgIpc) is 3.31. The van der Waals surface area contributed by atoms with Gasteiger partial charge >= 0.3 is 0 Å². The van der Waals surface area contributed by atoms with E-state index in [4.69, 9.17) is 14.2 Å². The lowest BCUT2D eigenvalue weighted by atomic mass is 9.92. The molecule has 0 radical (unpaired) electrons. The molecule has 27 heavy (non-hydrogen) atoms. The Morgan fingerprint density at radius 2 is 2.22 bits per heavy atom. The van der Waals surface area contributed by atoms with E-state index >= 15 is 0 Å². The van der Waals surface area contributed by atoms with Crippen molar-refractivity contribution >= 4 is 17.7 Å². The third-order valence-electron chi connectivity index (χ3n) is 5.71. The zero-order valence-electron chi connectivity index (χ0n) is 16.0. The molecule has 3 saturated heterocycles. The minimum absolute atomic E-state index is 0.0314. The van der Waals surface area contributed by atoms with Gasteiger partial charge < -0.3 is 19.1 Å². The molecule has 0 bridgehead atoms. The maximum atomic E-state index is 12.6. The second-order valence-corrected chi connectivity index (χ2v) is 9.32. The van der Waals surface area contributed by atoms with Gasteiger partial charge in [-0.15, -0.1) is 11.8 Å². The van der Waals surface area contributed by atoms with Gasteiger partial charge in [0.1, 0.15) is 5.69 Å². The van der Waals surface area contributed by atoms with E-state index in [2.05, 4.69) is 5.10 Å². The molecule has 1 atom stereocenters. The summed E-state index contributed by atoms with van der Waals surface area (Å²) in [6.45, 7) is 5.46. The number of carbonyl (C=O) groups is 1. The molecular weight excluding hydrogens is 366 g/mol. The number of carbonyl (C=O) groups excluding carboxylic acids is 1. The van der Waals surface area contributed by atoms with Crippen LogP contribution in [-0.4, -0.2) is 83.8 Å². The third-order valence-corrected chi connectivity index (χ3v) is 7.29. The lowest BCUT2D eigenvalue weighted by molar-refractivity contribution is -0.0119. The second kappa shape index (κ2) is 8.51. The Morgan fingerprint density at radius 3 is 3.00 bits per heavy atom. The molecule has 150 valence electrons. The number of rotatable bonds is 7. The quantitative estimate of drug-likeness (QED) is 0.700. The molecule has 1 spiro atoms. The normalized spacial score (nSPS) is 25.1. The van der Waals surface area contributed by atoms with E-state index in [0.29, 0.717) is 30.9 Å². The zero-order chi connectivity index (χ0) is 18.7. The van der Waals surface area contributed by atoms with Gasteiger partial charge in [0, 0.05) is 52.0 Å². The van der Waals surface area contributed by atoms with Crippen LogP contribution < -0.4 is 0 Å². The van der Waals surface area contributed by atoms with Crippen molar-refractivity contribution in [2.75, 3.05) is 52.4 Å². The summed E-state index contributed by atoms with van der Waals surface area (Å²) in [4.78, 5) is 14.5. The van der Waals surface area contributed by atoms with Crippen LogP contribution in [0.25, 0.3) is 0 Å². The van der Waals surface area contributed by atoms with Crippen LogP contribution in [0.5, 0.6) is 0 Å². The molecule has 0 aromatic carbocycles. The Hall–Kier alpha value is -1.09. The van der Waals surface area contributed by atoms with Crippen LogP contribution >= 0.6 is 11.8 Å². The highest BCUT2D eigenvalue weighted by Gasteiger charge is 2.51. The fraction of sp³-hybridized carbons (Fsp3) is 0.789. The number of ether oxygens (including phenoxy) is 3. The van der Waals surface area contributed by atoms with Gasteiger partial charge in [-0.3, -0.25) is 9.48 Å². The fourth-order valence-electron chi connectivity index (χ4n) is 4.06. The summed E-state index contributed by atoms with van der Waals surface area (Å²) < 4.78 is 18.6. The molecule has 4 rings (SSSR count). The molecule has 0 N–H and O–H groups in total. The number of aromatic nitrogens is 2. The average molecular weight is 396 g/mol. The molecule has 0 aliphatic carbocycles. The van der Waals surface area contributed by atoms with Crippen LogP contribution in [0.1, 0.15) is 29.8 Å². The van der Waals surface area contributed by atoms with E-state index < -0.39 is 0 Å². The van der Waals surface area contributed by atoms with Gasteiger partial charge in [-0.1, -0.05) is 0 Å². The Morgan fingerprint density at radius 1 is 1.41 bits per heavy atom. The Labute approximate surface area is 164 Å². The van der Waals surface area contributed by atoms with Gasteiger partial charge in [-0.2, -0.15) is 5.10 Å². The summed E-state index contributed by atoms with van der Waals surface area (Å²) in [6.07, 6.45) is 5.44. The summed E-state index contributed by atoms with van der Waals surface area (Å²) >= 11 is 1.97. The first-order valence-corrected chi connectivity index (χ1v) is 10.8. The number of hydrogen-bond acceptors (Lipinski definition) is 6. The summed E-state index contributed by atoms with van der Waals surface area (Å²) in [5.41, 5.74) is 0.524. The van der Waals surface area contributed by atoms with Crippen molar-refractivity contribution in [3.63, 3.8) is 0 Å². The van der Waals surface area contributed by atoms with Gasteiger partial charge in [-0.05, 0) is 31.2 Å². The van der Waals surface area contributed by atoms with Crippen LogP contribution in [0.2, 0.25) is 0 Å². The number of thioether (sulfide) groups is 1. The number of nitrogens with zero attached hydrogens (tertiary/aromatic N) is 3. The molecule has 1 aromatic rings. The monoisotopic (exact) mass is 395 g/mol. The van der Waals surface area contributed by atoms with Crippen LogP contribution in [0.4, 0.5) is 0 Å². The van der Waals surface area contributed by atoms with E-state index in [-0.39, 0.29) is 10.7 Å². The van der Waals surface area contributed by atoms with Crippen molar-refractivity contribution in [2.24, 2.45) is 5.92 Å². The Balaban J connectivity index is 1.21. The van der Waals surface area contributed by atoms with Gasteiger partial charge in [0.25, 0.3) is 5.91 Å². The minimum Gasteiger partial charge on any atom is -0.383 e. The molecule has 3 aliphatic rings. The van der Waals surface area contributed by atoms with Crippen LogP contribution in [0, 0.1) is 5.92 Å². The van der Waals surface area contributed by atoms with Crippen molar-refractivity contribution in [3.05, 3.63) is 18.0 Å². The summed E-state index contributed by atoms with van der Waals surface area (Å²) in [6, 6.07) is 1.80. The maximum absolute atomic E-state index is 12.6. The van der Waals surface area contributed by atoms with E-state index in [0.717, 1.165) is 57.9 Å². The molecule has 4 heterocycles. The molecular formula is C19H29N3O4S. The van der Waals surface area contributed by atoms with Crippen LogP contribution in [0.15, 0.2) is 12.3 Å². The van der Waals surface area contributed by atoms with Crippen molar-refractivity contribution in [3.8, 4) is 0 Å². The van der Waals surface area contributed by atoms with E-state index in [1.54, 1.807) is 17.9 Å². The first-order valence-electron chi connectivity index (χ1n) is 9.82. The predicted octanol–water partition coefficient (Wildman–Crippen LogP) is 1.67. The van der Waals surface area contributed by atoms with Gasteiger partial charge in [0.15, 0.2) is 0 Å². The minimum atomic E-state index is 0.0314. The van der Waals surface area contributed by atoms with E-state index in [1.165, 1.54) is 0 Å². The molecule has 3 fully saturated rings. The number of hydrogen-bond donors (Lipinski definition) is 0. The van der Waals surface area contributed by atoms with Gasteiger partial charge in [0.05, 0.1) is 24.0 Å². The first kappa shape index (κ1) is 19.2. The molecule has 3 aliphatic heterocycles. The highest BCUT2D eigenvalue weighted by molar-refractivity contribution is 8.01. The molecule has 8 heteroatoms. The molecule has 7 nitrogen and oxygen atoms in total. The highest BCUT2D eigenvalue weighted by Crippen LogP contribution is 2.46. The van der Waals surface area contributed by atoms with Crippen molar-refractivity contribution in [1.82, 2.24) is 14.7 Å². The number of methoxy groups -OCH3 is 1. The molecule has 0 saturated carbocycles. The lowest BCUT2D eigenvalue weighted by Gasteiger charge is -2.47.